The van der Waals surface area contributed by atoms with Crippen LogP contribution in [-0.4, -0.2) is 4.98 Å². The molecule has 0 aliphatic heterocycles. The molecular formula is C11H6FNOS. The zero-order valence-electron chi connectivity index (χ0n) is 7.58. The summed E-state index contributed by atoms with van der Waals surface area (Å²) in [7, 11) is 0. The molecule has 0 saturated carbocycles. The van der Waals surface area contributed by atoms with Crippen molar-refractivity contribution in [1.29, 1.82) is 0 Å². The molecule has 1 aromatic carbocycles. The normalized spacial score (nSPS) is 11.3. The standard InChI is InChI=1S/C11H6FNOS/c12-6-1-2-9-8(5-6)7-3-4-15-10(7)11(14)13-9/h1-5H,(H,13,14). The van der Waals surface area contributed by atoms with E-state index in [9.17, 15) is 9.18 Å². The fourth-order valence-corrected chi connectivity index (χ4v) is 2.53. The molecule has 2 heterocycles. The number of benzene rings is 1. The third kappa shape index (κ3) is 1.18. The maximum Gasteiger partial charge on any atom is 0.266 e. The van der Waals surface area contributed by atoms with Gasteiger partial charge in [0.05, 0.1) is 0 Å². The Kier molecular flexibility index (Phi) is 1.67. The first-order chi connectivity index (χ1) is 7.25. The van der Waals surface area contributed by atoms with Crippen molar-refractivity contribution in [3.05, 3.63) is 45.8 Å². The molecule has 0 bridgehead atoms. The SMILES string of the molecule is O=c1[nH]c2ccc(F)cc2c2ccsc12. The summed E-state index contributed by atoms with van der Waals surface area (Å²) in [5.74, 6) is -0.290. The second kappa shape index (κ2) is 2.90. The molecule has 0 unspecified atom stereocenters. The summed E-state index contributed by atoms with van der Waals surface area (Å²) in [5, 5.41) is 3.41. The Morgan fingerprint density at radius 1 is 1.20 bits per heavy atom. The van der Waals surface area contributed by atoms with E-state index in [1.165, 1.54) is 23.5 Å². The first-order valence-corrected chi connectivity index (χ1v) is 5.32. The van der Waals surface area contributed by atoms with Gasteiger partial charge in [0.15, 0.2) is 0 Å². The molecule has 3 aromatic rings. The molecule has 74 valence electrons. The molecular weight excluding hydrogens is 213 g/mol. The van der Waals surface area contributed by atoms with Crippen molar-refractivity contribution in [2.75, 3.05) is 0 Å². The second-order valence-corrected chi connectivity index (χ2v) is 4.22. The number of rotatable bonds is 0. The monoisotopic (exact) mass is 219 g/mol. The summed E-state index contributed by atoms with van der Waals surface area (Å²) in [6.07, 6.45) is 0. The highest BCUT2D eigenvalue weighted by Crippen LogP contribution is 2.25. The van der Waals surface area contributed by atoms with Crippen molar-refractivity contribution in [3.63, 3.8) is 0 Å². The van der Waals surface area contributed by atoms with Crippen LogP contribution in [0.5, 0.6) is 0 Å². The highest BCUT2D eigenvalue weighted by molar-refractivity contribution is 7.17. The molecule has 0 spiro atoms. The number of pyridine rings is 1. The molecule has 2 aromatic heterocycles. The van der Waals surface area contributed by atoms with Crippen molar-refractivity contribution in [2.45, 2.75) is 0 Å². The zero-order chi connectivity index (χ0) is 10.4. The van der Waals surface area contributed by atoms with Gasteiger partial charge in [0, 0.05) is 16.3 Å². The number of hydrogen-bond acceptors (Lipinski definition) is 2. The average Bonchev–Trinajstić information content (AvgIpc) is 2.69. The first kappa shape index (κ1) is 8.61. The number of halogens is 1. The van der Waals surface area contributed by atoms with Crippen LogP contribution in [0.1, 0.15) is 0 Å². The fourth-order valence-electron chi connectivity index (χ4n) is 1.72. The molecule has 0 amide bonds. The van der Waals surface area contributed by atoms with Crippen molar-refractivity contribution in [3.8, 4) is 0 Å². The maximum atomic E-state index is 13.1. The number of thiophene rings is 1. The van der Waals surface area contributed by atoms with Gasteiger partial charge in [0.2, 0.25) is 0 Å². The lowest BCUT2D eigenvalue weighted by Crippen LogP contribution is -2.03. The van der Waals surface area contributed by atoms with Gasteiger partial charge in [-0.3, -0.25) is 4.79 Å². The molecule has 0 aliphatic carbocycles. The Morgan fingerprint density at radius 3 is 2.93 bits per heavy atom. The summed E-state index contributed by atoms with van der Waals surface area (Å²) < 4.78 is 13.7. The smallest absolute Gasteiger partial charge is 0.266 e. The van der Waals surface area contributed by atoms with Crippen molar-refractivity contribution >= 4 is 32.3 Å². The van der Waals surface area contributed by atoms with E-state index in [0.717, 1.165) is 10.8 Å². The Hall–Kier alpha value is -1.68. The summed E-state index contributed by atoms with van der Waals surface area (Å²) in [4.78, 5) is 14.3. The largest absolute Gasteiger partial charge is 0.321 e. The number of aromatic amines is 1. The summed E-state index contributed by atoms with van der Waals surface area (Å²) in [6, 6.07) is 6.22. The molecule has 0 atom stereocenters. The Morgan fingerprint density at radius 2 is 2.07 bits per heavy atom. The molecule has 0 aliphatic rings. The van der Waals surface area contributed by atoms with E-state index in [2.05, 4.69) is 4.98 Å². The third-order valence-electron chi connectivity index (χ3n) is 2.39. The third-order valence-corrected chi connectivity index (χ3v) is 3.30. The molecule has 4 heteroatoms. The maximum absolute atomic E-state index is 13.1. The van der Waals surface area contributed by atoms with Crippen molar-refractivity contribution in [1.82, 2.24) is 4.98 Å². The van der Waals surface area contributed by atoms with Crippen LogP contribution < -0.4 is 5.56 Å². The lowest BCUT2D eigenvalue weighted by Gasteiger charge is -1.99. The molecule has 0 fully saturated rings. The second-order valence-electron chi connectivity index (χ2n) is 3.31. The Labute approximate surface area is 88.0 Å². The van der Waals surface area contributed by atoms with E-state index in [4.69, 9.17) is 0 Å². The van der Waals surface area contributed by atoms with E-state index < -0.39 is 0 Å². The van der Waals surface area contributed by atoms with E-state index in [0.29, 0.717) is 10.2 Å². The lowest BCUT2D eigenvalue weighted by atomic mass is 10.1. The van der Waals surface area contributed by atoms with Crippen LogP contribution in [0.2, 0.25) is 0 Å². The van der Waals surface area contributed by atoms with Crippen LogP contribution in [0, 0.1) is 5.82 Å². The predicted molar refractivity (Wildman–Crippen MR) is 59.9 cm³/mol. The van der Waals surface area contributed by atoms with Crippen LogP contribution in [0.4, 0.5) is 4.39 Å². The van der Waals surface area contributed by atoms with Gasteiger partial charge in [-0.1, -0.05) is 0 Å². The van der Waals surface area contributed by atoms with Gasteiger partial charge in [0.25, 0.3) is 5.56 Å². The highest BCUT2D eigenvalue weighted by atomic mass is 32.1. The van der Waals surface area contributed by atoms with Crippen LogP contribution in [-0.2, 0) is 0 Å². The van der Waals surface area contributed by atoms with E-state index in [-0.39, 0.29) is 11.4 Å². The van der Waals surface area contributed by atoms with Gasteiger partial charge < -0.3 is 4.98 Å². The lowest BCUT2D eigenvalue weighted by molar-refractivity contribution is 0.629. The van der Waals surface area contributed by atoms with E-state index >= 15 is 0 Å². The number of H-pyrrole nitrogens is 1. The van der Waals surface area contributed by atoms with Crippen LogP contribution in [0.15, 0.2) is 34.4 Å². The van der Waals surface area contributed by atoms with Crippen molar-refractivity contribution < 1.29 is 4.39 Å². The van der Waals surface area contributed by atoms with Gasteiger partial charge in [-0.05, 0) is 29.6 Å². The Balaban J connectivity index is 2.67. The number of nitrogens with one attached hydrogen (secondary N) is 1. The minimum Gasteiger partial charge on any atom is -0.321 e. The number of hydrogen-bond donors (Lipinski definition) is 1. The van der Waals surface area contributed by atoms with Gasteiger partial charge in [-0.15, -0.1) is 11.3 Å². The molecule has 15 heavy (non-hydrogen) atoms. The summed E-state index contributed by atoms with van der Waals surface area (Å²) in [6.45, 7) is 0. The first-order valence-electron chi connectivity index (χ1n) is 4.44. The molecule has 1 N–H and O–H groups in total. The quantitative estimate of drug-likeness (QED) is 0.619. The summed E-state index contributed by atoms with van der Waals surface area (Å²) in [5.41, 5.74) is 0.561. The minimum atomic E-state index is -0.290. The van der Waals surface area contributed by atoms with Gasteiger partial charge >= 0.3 is 0 Å². The number of fused-ring (bicyclic) bond motifs is 3. The molecule has 0 radical (unpaired) electrons. The van der Waals surface area contributed by atoms with Crippen LogP contribution in [0.25, 0.3) is 21.0 Å². The Bertz CT molecular complexity index is 713. The van der Waals surface area contributed by atoms with Crippen molar-refractivity contribution in [2.24, 2.45) is 0 Å². The van der Waals surface area contributed by atoms with Gasteiger partial charge in [-0.2, -0.15) is 0 Å². The van der Waals surface area contributed by atoms with E-state index in [1.54, 1.807) is 6.07 Å². The minimum absolute atomic E-state index is 0.112. The highest BCUT2D eigenvalue weighted by Gasteiger charge is 2.06. The van der Waals surface area contributed by atoms with Crippen LogP contribution >= 0.6 is 11.3 Å². The van der Waals surface area contributed by atoms with Gasteiger partial charge in [-0.25, -0.2) is 4.39 Å². The molecule has 3 rings (SSSR count). The predicted octanol–water partition coefficient (Wildman–Crippen LogP) is 2.88. The topological polar surface area (TPSA) is 32.9 Å². The fraction of sp³-hybridized carbons (Fsp3) is 0. The number of aromatic nitrogens is 1. The average molecular weight is 219 g/mol. The zero-order valence-corrected chi connectivity index (χ0v) is 8.40. The molecule has 2 nitrogen and oxygen atoms in total. The van der Waals surface area contributed by atoms with Crippen LogP contribution in [0.3, 0.4) is 0 Å². The summed E-state index contributed by atoms with van der Waals surface area (Å²) >= 11 is 1.37. The molecule has 0 saturated heterocycles. The van der Waals surface area contributed by atoms with Gasteiger partial charge in [0.1, 0.15) is 10.5 Å². The van der Waals surface area contributed by atoms with E-state index in [1.807, 2.05) is 11.4 Å².